The fourth-order valence-electron chi connectivity index (χ4n) is 4.78. The molecule has 0 unspecified atom stereocenters. The van der Waals surface area contributed by atoms with Crippen LogP contribution < -0.4 is 5.32 Å². The molecule has 0 bridgehead atoms. The van der Waals surface area contributed by atoms with Gasteiger partial charge in [-0.3, -0.25) is 9.59 Å². The molecule has 2 aromatic rings. The van der Waals surface area contributed by atoms with Crippen LogP contribution in [-0.2, 0) is 4.79 Å². The van der Waals surface area contributed by atoms with Gasteiger partial charge < -0.3 is 15.1 Å². The van der Waals surface area contributed by atoms with Gasteiger partial charge in [-0.25, -0.2) is 0 Å². The van der Waals surface area contributed by atoms with Gasteiger partial charge in [-0.2, -0.15) is 0 Å². The quantitative estimate of drug-likeness (QED) is 0.482. The van der Waals surface area contributed by atoms with Crippen molar-refractivity contribution in [2.24, 2.45) is 0 Å². The molecule has 2 fully saturated rings. The van der Waals surface area contributed by atoms with E-state index in [0.29, 0.717) is 40.1 Å². The minimum Gasteiger partial charge on any atom is -0.338 e. The van der Waals surface area contributed by atoms with Crippen LogP contribution in [-0.4, -0.2) is 60.9 Å². The molecule has 0 radical (unpaired) electrons. The van der Waals surface area contributed by atoms with E-state index >= 15 is 0 Å². The van der Waals surface area contributed by atoms with E-state index in [9.17, 15) is 9.59 Å². The van der Waals surface area contributed by atoms with Crippen LogP contribution in [0.25, 0.3) is 0 Å². The first-order chi connectivity index (χ1) is 16.3. The van der Waals surface area contributed by atoms with Crippen LogP contribution in [0.15, 0.2) is 54.1 Å². The van der Waals surface area contributed by atoms with Gasteiger partial charge in [0.1, 0.15) is 0 Å². The lowest BCUT2D eigenvalue weighted by Crippen LogP contribution is -2.51. The molecule has 2 heterocycles. The minimum atomic E-state index is -0.101. The van der Waals surface area contributed by atoms with Gasteiger partial charge >= 0.3 is 0 Å². The number of hydrogen-bond donors (Lipinski definition) is 1. The van der Waals surface area contributed by atoms with E-state index < -0.39 is 0 Å². The number of carbonyl (C=O) groups is 2. The van der Waals surface area contributed by atoms with Crippen molar-refractivity contribution in [2.45, 2.75) is 31.2 Å². The Morgan fingerprint density at radius 1 is 1.03 bits per heavy atom. The number of nitrogens with one attached hydrogen (secondary N) is 1. The summed E-state index contributed by atoms with van der Waals surface area (Å²) in [6.45, 7) is 2.90. The third kappa shape index (κ3) is 6.72. The molecule has 2 aromatic carbocycles. The highest BCUT2D eigenvalue weighted by Crippen LogP contribution is 2.35. The Kier molecular flexibility index (Phi) is 9.91. The van der Waals surface area contributed by atoms with Crippen LogP contribution in [0, 0.1) is 0 Å². The van der Waals surface area contributed by atoms with E-state index in [0.717, 1.165) is 31.5 Å². The molecule has 2 atom stereocenters. The third-order valence-electron chi connectivity index (χ3n) is 6.74. The largest absolute Gasteiger partial charge is 0.338 e. The Bertz CT molecular complexity index is 1080. The maximum absolute atomic E-state index is 13.3. The first-order valence-electron chi connectivity index (χ1n) is 11.5. The summed E-state index contributed by atoms with van der Waals surface area (Å²) in [6, 6.07) is 12.4. The molecule has 35 heavy (non-hydrogen) atoms. The van der Waals surface area contributed by atoms with Gasteiger partial charge in [0, 0.05) is 48.8 Å². The number of amides is 2. The second-order valence-corrected chi connectivity index (χ2v) is 10.1. The van der Waals surface area contributed by atoms with Crippen molar-refractivity contribution in [1.82, 2.24) is 15.1 Å². The van der Waals surface area contributed by atoms with Crippen molar-refractivity contribution in [1.29, 1.82) is 0 Å². The van der Waals surface area contributed by atoms with Crippen LogP contribution >= 0.6 is 47.2 Å². The van der Waals surface area contributed by atoms with Gasteiger partial charge in [-0.15, -0.1) is 12.4 Å². The van der Waals surface area contributed by atoms with E-state index in [1.807, 2.05) is 24.1 Å². The Morgan fingerprint density at radius 2 is 1.71 bits per heavy atom. The van der Waals surface area contributed by atoms with Crippen molar-refractivity contribution in [3.63, 3.8) is 0 Å². The van der Waals surface area contributed by atoms with Crippen molar-refractivity contribution >= 4 is 59.0 Å². The predicted octanol–water partition coefficient (Wildman–Crippen LogP) is 5.84. The van der Waals surface area contributed by atoms with E-state index in [1.54, 1.807) is 41.3 Å². The topological polar surface area (TPSA) is 52.7 Å². The predicted molar refractivity (Wildman–Crippen MR) is 145 cm³/mol. The summed E-state index contributed by atoms with van der Waals surface area (Å²) in [6.07, 6.45) is 4.26. The number of likely N-dealkylation sites (N-methyl/N-ethyl adjacent to an activating group) is 1. The zero-order valence-corrected chi connectivity index (χ0v) is 22.6. The first-order valence-corrected chi connectivity index (χ1v) is 12.6. The highest BCUT2D eigenvalue weighted by molar-refractivity contribution is 6.42. The number of rotatable bonds is 4. The van der Waals surface area contributed by atoms with Gasteiger partial charge in [0.05, 0.1) is 10.0 Å². The average molecular weight is 557 g/mol. The fourth-order valence-corrected chi connectivity index (χ4v) is 5.21. The normalized spacial score (nSPS) is 20.1. The SMILES string of the molecule is CN(C(=O)c1ccc(Cl)cc1)[C@@H]1CCN(C(=O)C=C2CCNCC2)C[C@H]1c1ccc(Cl)c(Cl)c1.Cl. The monoisotopic (exact) mass is 555 g/mol. The van der Waals surface area contributed by atoms with Gasteiger partial charge in [-0.1, -0.05) is 46.4 Å². The Morgan fingerprint density at radius 3 is 2.37 bits per heavy atom. The molecule has 0 saturated carbocycles. The van der Waals surface area contributed by atoms with Crippen molar-refractivity contribution in [2.75, 3.05) is 33.2 Å². The molecular weight excluding hydrogens is 528 g/mol. The molecule has 2 aliphatic heterocycles. The fraction of sp³-hybridized carbons (Fsp3) is 0.385. The summed E-state index contributed by atoms with van der Waals surface area (Å²) in [5, 5.41) is 4.84. The molecule has 1 N–H and O–H groups in total. The molecule has 5 nitrogen and oxygen atoms in total. The van der Waals surface area contributed by atoms with Gasteiger partial charge in [0.25, 0.3) is 5.91 Å². The standard InChI is InChI=1S/C26H28Cl3N3O2.ClH/c1-31(26(34)18-2-5-20(27)6-3-18)24-10-13-32(25(33)14-17-8-11-30-12-9-17)16-21(24)19-4-7-22(28)23(29)15-19;/h2-7,14-15,21,24,30H,8-13,16H2,1H3;1H/t21-,24+;/m0./s1. The molecule has 0 aromatic heterocycles. The highest BCUT2D eigenvalue weighted by Gasteiger charge is 2.36. The summed E-state index contributed by atoms with van der Waals surface area (Å²) >= 11 is 18.5. The lowest BCUT2D eigenvalue weighted by Gasteiger charge is -2.43. The van der Waals surface area contributed by atoms with E-state index in [1.165, 1.54) is 5.57 Å². The summed E-state index contributed by atoms with van der Waals surface area (Å²) in [5.74, 6) is -0.143. The second kappa shape index (κ2) is 12.5. The average Bonchev–Trinajstić information content (AvgIpc) is 2.85. The van der Waals surface area contributed by atoms with Gasteiger partial charge in [0.2, 0.25) is 5.91 Å². The molecular formula is C26H29Cl4N3O2. The summed E-state index contributed by atoms with van der Waals surface area (Å²) in [7, 11) is 1.82. The molecule has 2 aliphatic rings. The lowest BCUT2D eigenvalue weighted by atomic mass is 9.84. The lowest BCUT2D eigenvalue weighted by molar-refractivity contribution is -0.127. The number of carbonyl (C=O) groups excluding carboxylic acids is 2. The van der Waals surface area contributed by atoms with Crippen molar-refractivity contribution in [3.05, 3.63) is 80.3 Å². The van der Waals surface area contributed by atoms with Crippen molar-refractivity contribution < 1.29 is 9.59 Å². The second-order valence-electron chi connectivity index (χ2n) is 8.90. The summed E-state index contributed by atoms with van der Waals surface area (Å²) in [5.41, 5.74) is 2.73. The van der Waals surface area contributed by atoms with E-state index in [4.69, 9.17) is 34.8 Å². The van der Waals surface area contributed by atoms with Crippen LogP contribution in [0.5, 0.6) is 0 Å². The van der Waals surface area contributed by atoms with Crippen LogP contribution in [0.3, 0.4) is 0 Å². The maximum Gasteiger partial charge on any atom is 0.253 e. The molecule has 2 saturated heterocycles. The van der Waals surface area contributed by atoms with Crippen LogP contribution in [0.2, 0.25) is 15.1 Å². The van der Waals surface area contributed by atoms with Crippen molar-refractivity contribution in [3.8, 4) is 0 Å². The number of hydrogen-bond acceptors (Lipinski definition) is 3. The van der Waals surface area contributed by atoms with Crippen LogP contribution in [0.4, 0.5) is 0 Å². The molecule has 0 spiro atoms. The molecule has 4 rings (SSSR count). The van der Waals surface area contributed by atoms with Gasteiger partial charge in [0.15, 0.2) is 0 Å². The van der Waals surface area contributed by atoms with Crippen LogP contribution in [0.1, 0.15) is 41.1 Å². The zero-order valence-electron chi connectivity index (χ0n) is 19.5. The molecule has 9 heteroatoms. The molecule has 0 aliphatic carbocycles. The number of nitrogens with zero attached hydrogens (tertiary/aromatic N) is 2. The highest BCUT2D eigenvalue weighted by atomic mass is 35.5. The van der Waals surface area contributed by atoms with Gasteiger partial charge in [-0.05, 0) is 74.3 Å². The summed E-state index contributed by atoms with van der Waals surface area (Å²) < 4.78 is 0. The number of likely N-dealkylation sites (tertiary alicyclic amines) is 1. The number of benzene rings is 2. The number of piperidine rings is 2. The van der Waals surface area contributed by atoms with E-state index in [2.05, 4.69) is 5.32 Å². The minimum absolute atomic E-state index is 0. The maximum atomic E-state index is 13.3. The Labute approximate surface area is 227 Å². The molecule has 188 valence electrons. The third-order valence-corrected chi connectivity index (χ3v) is 7.73. The Balaban J connectivity index is 0.00000342. The van der Waals surface area contributed by atoms with E-state index in [-0.39, 0.29) is 36.2 Å². The molecule has 2 amide bonds. The smallest absolute Gasteiger partial charge is 0.253 e. The Hall–Kier alpha value is -1.76. The first kappa shape index (κ1) is 27.8. The zero-order chi connectivity index (χ0) is 24.2. The summed E-state index contributed by atoms with van der Waals surface area (Å²) in [4.78, 5) is 30.1. The number of halogens is 4.